The van der Waals surface area contributed by atoms with E-state index in [9.17, 15) is 4.79 Å². The van der Waals surface area contributed by atoms with E-state index in [1.165, 1.54) is 0 Å². The fourth-order valence-corrected chi connectivity index (χ4v) is 3.46. The maximum absolute atomic E-state index is 12.5. The van der Waals surface area contributed by atoms with Crippen molar-refractivity contribution < 1.29 is 19.0 Å². The molecule has 1 fully saturated rings. The van der Waals surface area contributed by atoms with E-state index < -0.39 is 0 Å². The number of halogens is 1. The summed E-state index contributed by atoms with van der Waals surface area (Å²) < 4.78 is 16.2. The van der Waals surface area contributed by atoms with Crippen LogP contribution in [0.5, 0.6) is 17.2 Å². The second kappa shape index (κ2) is 9.71. The molecular formula is C21H26ClN3O4. The van der Waals surface area contributed by atoms with Gasteiger partial charge in [-0.2, -0.15) is 0 Å². The highest BCUT2D eigenvalue weighted by molar-refractivity contribution is 6.30. The van der Waals surface area contributed by atoms with Gasteiger partial charge in [0.25, 0.3) is 0 Å². The van der Waals surface area contributed by atoms with Crippen LogP contribution in [0.15, 0.2) is 36.4 Å². The molecule has 0 unspecified atom stereocenters. The molecule has 2 aromatic rings. The van der Waals surface area contributed by atoms with Gasteiger partial charge in [0.2, 0.25) is 5.75 Å². The molecule has 0 radical (unpaired) electrons. The topological polar surface area (TPSA) is 63.3 Å². The summed E-state index contributed by atoms with van der Waals surface area (Å²) in [7, 11) is 4.81. The summed E-state index contributed by atoms with van der Waals surface area (Å²) in [6.07, 6.45) is 0. The van der Waals surface area contributed by atoms with Gasteiger partial charge in [0.1, 0.15) is 0 Å². The van der Waals surface area contributed by atoms with E-state index >= 15 is 0 Å². The van der Waals surface area contributed by atoms with Crippen LogP contribution in [0, 0.1) is 0 Å². The second-order valence-electron chi connectivity index (χ2n) is 6.73. The average molecular weight is 420 g/mol. The Labute approximate surface area is 176 Å². The van der Waals surface area contributed by atoms with Crippen molar-refractivity contribution in [3.63, 3.8) is 0 Å². The molecule has 0 aromatic heterocycles. The summed E-state index contributed by atoms with van der Waals surface area (Å²) in [5.74, 6) is 1.87. The molecule has 8 heteroatoms. The SMILES string of the molecule is COc1cc(CN2CCN(C(=O)Nc3ccc(Cl)cc3)CC2)cc(OC)c1OC. The number of hydrogen-bond acceptors (Lipinski definition) is 5. The van der Waals surface area contributed by atoms with Crippen molar-refractivity contribution in [2.45, 2.75) is 6.54 Å². The summed E-state index contributed by atoms with van der Waals surface area (Å²) in [4.78, 5) is 16.6. The number of benzene rings is 2. The molecule has 0 saturated carbocycles. The zero-order chi connectivity index (χ0) is 20.8. The molecule has 1 aliphatic rings. The first-order valence-electron chi connectivity index (χ1n) is 9.36. The van der Waals surface area contributed by atoms with Crippen LogP contribution < -0.4 is 19.5 Å². The largest absolute Gasteiger partial charge is 0.493 e. The molecule has 0 aliphatic carbocycles. The van der Waals surface area contributed by atoms with Gasteiger partial charge in [-0.05, 0) is 42.0 Å². The minimum Gasteiger partial charge on any atom is -0.493 e. The summed E-state index contributed by atoms with van der Waals surface area (Å²) in [5.41, 5.74) is 1.80. The lowest BCUT2D eigenvalue weighted by molar-refractivity contribution is 0.143. The van der Waals surface area contributed by atoms with Gasteiger partial charge in [0.05, 0.1) is 21.3 Å². The first-order valence-corrected chi connectivity index (χ1v) is 9.74. The maximum atomic E-state index is 12.5. The summed E-state index contributed by atoms with van der Waals surface area (Å²) in [6, 6.07) is 10.9. The van der Waals surface area contributed by atoms with Crippen molar-refractivity contribution in [2.24, 2.45) is 0 Å². The predicted molar refractivity (Wildman–Crippen MR) is 113 cm³/mol. The number of carbonyl (C=O) groups is 1. The highest BCUT2D eigenvalue weighted by Gasteiger charge is 2.22. The molecule has 0 spiro atoms. The van der Waals surface area contributed by atoms with Crippen LogP contribution in [0.1, 0.15) is 5.56 Å². The molecule has 0 atom stereocenters. The van der Waals surface area contributed by atoms with Crippen LogP contribution in [0.25, 0.3) is 0 Å². The summed E-state index contributed by atoms with van der Waals surface area (Å²) >= 11 is 5.88. The number of rotatable bonds is 6. The second-order valence-corrected chi connectivity index (χ2v) is 7.17. The fraction of sp³-hybridized carbons (Fsp3) is 0.381. The fourth-order valence-electron chi connectivity index (χ4n) is 3.33. The van der Waals surface area contributed by atoms with E-state index in [1.54, 1.807) is 45.6 Å². The molecule has 3 rings (SSSR count). The Hall–Kier alpha value is -2.64. The Morgan fingerprint density at radius 3 is 2.07 bits per heavy atom. The van der Waals surface area contributed by atoms with Crippen molar-refractivity contribution >= 4 is 23.3 Å². The highest BCUT2D eigenvalue weighted by atomic mass is 35.5. The molecule has 2 aromatic carbocycles. The van der Waals surface area contributed by atoms with Gasteiger partial charge in [-0.25, -0.2) is 4.79 Å². The lowest BCUT2D eigenvalue weighted by Gasteiger charge is -2.34. The van der Waals surface area contributed by atoms with Crippen LogP contribution in [-0.4, -0.2) is 63.3 Å². The Kier molecular flexibility index (Phi) is 7.06. The molecule has 29 heavy (non-hydrogen) atoms. The van der Waals surface area contributed by atoms with Crippen LogP contribution >= 0.6 is 11.6 Å². The van der Waals surface area contributed by atoms with Gasteiger partial charge in [0.15, 0.2) is 11.5 Å². The number of nitrogens with one attached hydrogen (secondary N) is 1. The molecule has 1 N–H and O–H groups in total. The molecular weight excluding hydrogens is 394 g/mol. The first kappa shape index (κ1) is 21.1. The molecule has 2 amide bonds. The average Bonchev–Trinajstić information content (AvgIpc) is 2.75. The Balaban J connectivity index is 1.57. The number of amides is 2. The maximum Gasteiger partial charge on any atom is 0.321 e. The molecule has 156 valence electrons. The number of ether oxygens (including phenoxy) is 3. The van der Waals surface area contributed by atoms with Crippen molar-refractivity contribution in [1.29, 1.82) is 0 Å². The van der Waals surface area contributed by atoms with Gasteiger partial charge in [-0.1, -0.05) is 11.6 Å². The molecule has 7 nitrogen and oxygen atoms in total. The lowest BCUT2D eigenvalue weighted by Crippen LogP contribution is -2.49. The van der Waals surface area contributed by atoms with E-state index in [-0.39, 0.29) is 6.03 Å². The van der Waals surface area contributed by atoms with Crippen LogP contribution in [0.4, 0.5) is 10.5 Å². The van der Waals surface area contributed by atoms with Crippen LogP contribution in [0.3, 0.4) is 0 Å². The number of nitrogens with zero attached hydrogens (tertiary/aromatic N) is 2. The van der Waals surface area contributed by atoms with Crippen molar-refractivity contribution in [3.8, 4) is 17.2 Å². The van der Waals surface area contributed by atoms with E-state index in [4.69, 9.17) is 25.8 Å². The third kappa shape index (κ3) is 5.25. The third-order valence-electron chi connectivity index (χ3n) is 4.89. The monoisotopic (exact) mass is 419 g/mol. The molecule has 0 bridgehead atoms. The van der Waals surface area contributed by atoms with Gasteiger partial charge >= 0.3 is 6.03 Å². The standard InChI is InChI=1S/C21H26ClN3O4/c1-27-18-12-15(13-19(28-2)20(18)29-3)14-24-8-10-25(11-9-24)21(26)23-17-6-4-16(22)5-7-17/h4-7,12-13H,8-11,14H2,1-3H3,(H,23,26). The first-order chi connectivity index (χ1) is 14.0. The highest BCUT2D eigenvalue weighted by Crippen LogP contribution is 2.38. The Morgan fingerprint density at radius 1 is 0.966 bits per heavy atom. The van der Waals surface area contributed by atoms with Crippen molar-refractivity contribution in [3.05, 3.63) is 47.0 Å². The van der Waals surface area contributed by atoms with Gasteiger partial charge < -0.3 is 24.4 Å². The zero-order valence-corrected chi connectivity index (χ0v) is 17.7. The van der Waals surface area contributed by atoms with Crippen molar-refractivity contribution in [2.75, 3.05) is 52.8 Å². The van der Waals surface area contributed by atoms with Gasteiger partial charge in [-0.3, -0.25) is 4.90 Å². The van der Waals surface area contributed by atoms with Crippen molar-refractivity contribution in [1.82, 2.24) is 9.80 Å². The molecule has 1 saturated heterocycles. The van der Waals surface area contributed by atoms with E-state index in [0.717, 1.165) is 30.9 Å². The Morgan fingerprint density at radius 2 is 1.55 bits per heavy atom. The van der Waals surface area contributed by atoms with Crippen LogP contribution in [0.2, 0.25) is 5.02 Å². The third-order valence-corrected chi connectivity index (χ3v) is 5.14. The predicted octanol–water partition coefficient (Wildman–Crippen LogP) is 3.72. The number of piperazine rings is 1. The number of urea groups is 1. The number of methoxy groups -OCH3 is 3. The van der Waals surface area contributed by atoms with E-state index in [1.807, 2.05) is 17.0 Å². The summed E-state index contributed by atoms with van der Waals surface area (Å²) in [6.45, 7) is 3.62. The van der Waals surface area contributed by atoms with Crippen LogP contribution in [-0.2, 0) is 6.54 Å². The number of carbonyl (C=O) groups excluding carboxylic acids is 1. The Bertz CT molecular complexity index is 811. The minimum absolute atomic E-state index is 0.0974. The number of anilines is 1. The minimum atomic E-state index is -0.0974. The zero-order valence-electron chi connectivity index (χ0n) is 16.9. The summed E-state index contributed by atoms with van der Waals surface area (Å²) in [5, 5.41) is 3.55. The number of hydrogen-bond donors (Lipinski definition) is 1. The normalized spacial score (nSPS) is 14.4. The smallest absolute Gasteiger partial charge is 0.321 e. The quantitative estimate of drug-likeness (QED) is 0.773. The van der Waals surface area contributed by atoms with E-state index in [2.05, 4.69) is 10.2 Å². The molecule has 1 aliphatic heterocycles. The lowest BCUT2D eigenvalue weighted by atomic mass is 10.1. The van der Waals surface area contributed by atoms with Gasteiger partial charge in [-0.15, -0.1) is 0 Å². The molecule has 1 heterocycles. The van der Waals surface area contributed by atoms with Gasteiger partial charge in [0, 0.05) is 43.4 Å². The van der Waals surface area contributed by atoms with E-state index in [0.29, 0.717) is 35.4 Å².